The van der Waals surface area contributed by atoms with Crippen LogP contribution in [0.4, 0.5) is 0 Å². The smallest absolute Gasteiger partial charge is 0.225 e. The molecule has 1 N–H and O–H groups in total. The number of carbonyl (C=O) groups is 2. The molecule has 1 aliphatic carbocycles. The fraction of sp³-hybridized carbons (Fsp3) is 0.846. The Kier molecular flexibility index (Phi) is 4.58. The predicted octanol–water partition coefficient (Wildman–Crippen LogP) is 0.540. The summed E-state index contributed by atoms with van der Waals surface area (Å²) in [7, 11) is 1.59. The van der Waals surface area contributed by atoms with Gasteiger partial charge in [-0.05, 0) is 25.7 Å². The van der Waals surface area contributed by atoms with Gasteiger partial charge in [0.1, 0.15) is 0 Å². The second-order valence-corrected chi connectivity index (χ2v) is 5.18. The minimum Gasteiger partial charge on any atom is -0.384 e. The average Bonchev–Trinajstić information content (AvgIpc) is 3.21. The Bertz CT molecular complexity index is 307. The zero-order valence-corrected chi connectivity index (χ0v) is 11.0. The van der Waals surface area contributed by atoms with E-state index in [2.05, 4.69) is 5.32 Å². The van der Waals surface area contributed by atoms with Crippen LogP contribution in [-0.4, -0.2) is 49.6 Å². The highest BCUT2D eigenvalue weighted by molar-refractivity contribution is 5.81. The molecule has 5 nitrogen and oxygen atoms in total. The lowest BCUT2D eigenvalue weighted by Gasteiger charge is -2.32. The maximum atomic E-state index is 11.9. The number of nitrogens with zero attached hydrogens (tertiary/aromatic N) is 1. The largest absolute Gasteiger partial charge is 0.384 e. The first kappa shape index (κ1) is 13.3. The van der Waals surface area contributed by atoms with Crippen LogP contribution in [0.1, 0.15) is 32.1 Å². The first-order valence-corrected chi connectivity index (χ1v) is 6.78. The maximum Gasteiger partial charge on any atom is 0.225 e. The normalized spacial score (nSPS) is 20.8. The number of carbonyl (C=O) groups excluding carboxylic acids is 2. The fourth-order valence-corrected chi connectivity index (χ4v) is 2.33. The highest BCUT2D eigenvalue weighted by atomic mass is 16.5. The average molecular weight is 254 g/mol. The van der Waals surface area contributed by atoms with E-state index in [1.807, 2.05) is 4.90 Å². The standard InChI is InChI=1S/C13H22N2O3/c1-18-9-6-12(16)14-11-4-7-15(8-5-11)13(17)10-2-3-10/h10-11H,2-9H2,1H3,(H,14,16). The van der Waals surface area contributed by atoms with Crippen LogP contribution >= 0.6 is 0 Å². The van der Waals surface area contributed by atoms with E-state index in [0.29, 0.717) is 24.9 Å². The third-order valence-corrected chi connectivity index (χ3v) is 3.63. The monoisotopic (exact) mass is 254 g/mol. The molecule has 1 heterocycles. The number of piperidine rings is 1. The van der Waals surface area contributed by atoms with Crippen LogP contribution in [0.3, 0.4) is 0 Å². The number of likely N-dealkylation sites (tertiary alicyclic amines) is 1. The van der Waals surface area contributed by atoms with E-state index in [0.717, 1.165) is 38.8 Å². The lowest BCUT2D eigenvalue weighted by atomic mass is 10.0. The van der Waals surface area contributed by atoms with Crippen molar-refractivity contribution in [2.75, 3.05) is 26.8 Å². The first-order chi connectivity index (χ1) is 8.70. The van der Waals surface area contributed by atoms with Gasteiger partial charge in [-0.2, -0.15) is 0 Å². The number of amides is 2. The van der Waals surface area contributed by atoms with Gasteiger partial charge in [0.25, 0.3) is 0 Å². The summed E-state index contributed by atoms with van der Waals surface area (Å²) in [6.45, 7) is 2.03. The van der Waals surface area contributed by atoms with Crippen molar-refractivity contribution in [3.05, 3.63) is 0 Å². The van der Waals surface area contributed by atoms with Gasteiger partial charge < -0.3 is 15.0 Å². The summed E-state index contributed by atoms with van der Waals surface area (Å²) >= 11 is 0. The van der Waals surface area contributed by atoms with Crippen LogP contribution in [-0.2, 0) is 14.3 Å². The Balaban J connectivity index is 1.66. The quantitative estimate of drug-likeness (QED) is 0.779. The molecular weight excluding hydrogens is 232 g/mol. The van der Waals surface area contributed by atoms with Gasteiger partial charge in [0.05, 0.1) is 6.61 Å². The third-order valence-electron chi connectivity index (χ3n) is 3.63. The van der Waals surface area contributed by atoms with E-state index in [1.54, 1.807) is 7.11 Å². The van der Waals surface area contributed by atoms with E-state index >= 15 is 0 Å². The number of nitrogens with one attached hydrogen (secondary N) is 1. The van der Waals surface area contributed by atoms with Crippen molar-refractivity contribution < 1.29 is 14.3 Å². The molecule has 2 aliphatic rings. The lowest BCUT2D eigenvalue weighted by molar-refractivity contribution is -0.133. The van der Waals surface area contributed by atoms with E-state index in [9.17, 15) is 9.59 Å². The van der Waals surface area contributed by atoms with Gasteiger partial charge >= 0.3 is 0 Å². The second-order valence-electron chi connectivity index (χ2n) is 5.18. The van der Waals surface area contributed by atoms with Gasteiger partial charge in [-0.15, -0.1) is 0 Å². The van der Waals surface area contributed by atoms with Crippen molar-refractivity contribution >= 4 is 11.8 Å². The van der Waals surface area contributed by atoms with Gasteiger partial charge in [0.15, 0.2) is 0 Å². The molecule has 1 aliphatic heterocycles. The Morgan fingerprint density at radius 1 is 1.22 bits per heavy atom. The summed E-state index contributed by atoms with van der Waals surface area (Å²) < 4.78 is 4.87. The van der Waals surface area contributed by atoms with Crippen molar-refractivity contribution in [2.45, 2.75) is 38.1 Å². The number of ether oxygens (including phenoxy) is 1. The second kappa shape index (κ2) is 6.18. The molecule has 18 heavy (non-hydrogen) atoms. The molecule has 2 amide bonds. The summed E-state index contributed by atoms with van der Waals surface area (Å²) in [6, 6.07) is 0.220. The first-order valence-electron chi connectivity index (χ1n) is 6.78. The van der Waals surface area contributed by atoms with Crippen molar-refractivity contribution in [1.82, 2.24) is 10.2 Å². The molecule has 0 atom stereocenters. The Labute approximate surface area is 108 Å². The highest BCUT2D eigenvalue weighted by Crippen LogP contribution is 2.31. The van der Waals surface area contributed by atoms with E-state index in [4.69, 9.17) is 4.74 Å². The fourth-order valence-electron chi connectivity index (χ4n) is 2.33. The summed E-state index contributed by atoms with van der Waals surface area (Å²) in [5.74, 6) is 0.667. The Morgan fingerprint density at radius 3 is 2.44 bits per heavy atom. The predicted molar refractivity (Wildman–Crippen MR) is 67.0 cm³/mol. The van der Waals surface area contributed by atoms with Crippen molar-refractivity contribution in [3.63, 3.8) is 0 Å². The lowest BCUT2D eigenvalue weighted by Crippen LogP contribution is -2.47. The van der Waals surface area contributed by atoms with Crippen LogP contribution in [0.5, 0.6) is 0 Å². The molecule has 0 radical (unpaired) electrons. The van der Waals surface area contributed by atoms with Crippen LogP contribution in [0.15, 0.2) is 0 Å². The van der Waals surface area contributed by atoms with E-state index < -0.39 is 0 Å². The van der Waals surface area contributed by atoms with Crippen molar-refractivity contribution in [3.8, 4) is 0 Å². The molecule has 5 heteroatoms. The SMILES string of the molecule is COCCC(=O)NC1CCN(C(=O)C2CC2)CC1. The number of hydrogen-bond acceptors (Lipinski definition) is 3. The number of methoxy groups -OCH3 is 1. The van der Waals surface area contributed by atoms with Crippen molar-refractivity contribution in [2.24, 2.45) is 5.92 Å². The molecule has 0 aromatic carbocycles. The summed E-state index contributed by atoms with van der Waals surface area (Å²) in [5.41, 5.74) is 0. The zero-order chi connectivity index (χ0) is 13.0. The van der Waals surface area contributed by atoms with E-state index in [-0.39, 0.29) is 11.9 Å². The molecule has 1 saturated carbocycles. The van der Waals surface area contributed by atoms with Crippen LogP contribution in [0, 0.1) is 5.92 Å². The number of rotatable bonds is 5. The van der Waals surface area contributed by atoms with Crippen LogP contribution < -0.4 is 5.32 Å². The Hall–Kier alpha value is -1.10. The Morgan fingerprint density at radius 2 is 1.89 bits per heavy atom. The third kappa shape index (κ3) is 3.70. The molecule has 0 spiro atoms. The molecular formula is C13H22N2O3. The molecule has 0 aromatic rings. The molecule has 102 valence electrons. The molecule has 1 saturated heterocycles. The number of hydrogen-bond donors (Lipinski definition) is 1. The summed E-state index contributed by atoms with van der Waals surface area (Å²) in [6.07, 6.45) is 4.28. The van der Waals surface area contributed by atoms with E-state index in [1.165, 1.54) is 0 Å². The van der Waals surface area contributed by atoms with Gasteiger partial charge in [-0.25, -0.2) is 0 Å². The minimum absolute atomic E-state index is 0.0452. The molecule has 0 unspecified atom stereocenters. The molecule has 2 rings (SSSR count). The van der Waals surface area contributed by atoms with Crippen molar-refractivity contribution in [1.29, 1.82) is 0 Å². The van der Waals surface area contributed by atoms with Gasteiger partial charge in [0, 0.05) is 38.6 Å². The molecule has 0 aromatic heterocycles. The van der Waals surface area contributed by atoms with Crippen LogP contribution in [0.2, 0.25) is 0 Å². The van der Waals surface area contributed by atoms with Gasteiger partial charge in [-0.1, -0.05) is 0 Å². The maximum absolute atomic E-state index is 11.9. The summed E-state index contributed by atoms with van der Waals surface area (Å²) in [5, 5.41) is 3.00. The molecule has 0 bridgehead atoms. The summed E-state index contributed by atoms with van der Waals surface area (Å²) in [4.78, 5) is 25.3. The highest BCUT2D eigenvalue weighted by Gasteiger charge is 2.34. The topological polar surface area (TPSA) is 58.6 Å². The molecule has 2 fully saturated rings. The van der Waals surface area contributed by atoms with Gasteiger partial charge in [0.2, 0.25) is 11.8 Å². The minimum atomic E-state index is 0.0452. The zero-order valence-electron chi connectivity index (χ0n) is 11.0. The van der Waals surface area contributed by atoms with Gasteiger partial charge in [-0.3, -0.25) is 9.59 Å². The van der Waals surface area contributed by atoms with Crippen LogP contribution in [0.25, 0.3) is 0 Å².